The molecule has 18 heavy (non-hydrogen) atoms. The molecule has 1 aliphatic heterocycles. The number of piperazine rings is 1. The van der Waals surface area contributed by atoms with Crippen LogP contribution >= 0.6 is 0 Å². The molecule has 0 spiro atoms. The van der Waals surface area contributed by atoms with Crippen LogP contribution in [0.2, 0.25) is 0 Å². The lowest BCUT2D eigenvalue weighted by Crippen LogP contribution is -2.49. The summed E-state index contributed by atoms with van der Waals surface area (Å²) in [5.41, 5.74) is 5.73. The number of nitrogens with two attached hydrogens (primary N) is 1. The number of hydrogen-bond acceptors (Lipinski definition) is 3. The van der Waals surface area contributed by atoms with Crippen molar-refractivity contribution in [2.45, 2.75) is 46.1 Å². The van der Waals surface area contributed by atoms with Gasteiger partial charge in [0.2, 0.25) is 5.91 Å². The molecule has 1 saturated heterocycles. The zero-order valence-corrected chi connectivity index (χ0v) is 12.2. The molecule has 106 valence electrons. The van der Waals surface area contributed by atoms with Crippen LogP contribution in [-0.4, -0.2) is 54.5 Å². The summed E-state index contributed by atoms with van der Waals surface area (Å²) >= 11 is 0. The lowest BCUT2D eigenvalue weighted by molar-refractivity contribution is -0.137. The summed E-state index contributed by atoms with van der Waals surface area (Å²) in [5, 5.41) is 0. The molecule has 2 unspecified atom stereocenters. The maximum absolute atomic E-state index is 12.2. The highest BCUT2D eigenvalue weighted by Gasteiger charge is 2.23. The van der Waals surface area contributed by atoms with Crippen LogP contribution in [0.1, 0.15) is 40.0 Å². The van der Waals surface area contributed by atoms with Crippen molar-refractivity contribution in [1.82, 2.24) is 9.80 Å². The molecule has 4 heteroatoms. The zero-order chi connectivity index (χ0) is 13.5. The Hall–Kier alpha value is -0.610. The van der Waals surface area contributed by atoms with E-state index in [2.05, 4.69) is 18.7 Å². The molecule has 0 radical (unpaired) electrons. The van der Waals surface area contributed by atoms with Crippen LogP contribution in [-0.2, 0) is 4.79 Å². The third-order valence-corrected chi connectivity index (χ3v) is 3.85. The molecule has 0 aromatic carbocycles. The van der Waals surface area contributed by atoms with E-state index in [0.29, 0.717) is 5.91 Å². The topological polar surface area (TPSA) is 49.6 Å². The van der Waals surface area contributed by atoms with Gasteiger partial charge in [-0.3, -0.25) is 4.79 Å². The first-order valence-corrected chi connectivity index (χ1v) is 7.31. The van der Waals surface area contributed by atoms with Gasteiger partial charge in [0.15, 0.2) is 0 Å². The summed E-state index contributed by atoms with van der Waals surface area (Å²) < 4.78 is 0. The van der Waals surface area contributed by atoms with E-state index in [1.807, 2.05) is 11.8 Å². The Morgan fingerprint density at radius 3 is 2.28 bits per heavy atom. The largest absolute Gasteiger partial charge is 0.340 e. The van der Waals surface area contributed by atoms with Gasteiger partial charge in [0.25, 0.3) is 0 Å². The van der Waals surface area contributed by atoms with Crippen molar-refractivity contribution < 1.29 is 4.79 Å². The predicted octanol–water partition coefficient (Wildman–Crippen LogP) is 1.30. The van der Waals surface area contributed by atoms with Gasteiger partial charge in [-0.05, 0) is 26.3 Å². The fourth-order valence-corrected chi connectivity index (χ4v) is 2.47. The maximum Gasteiger partial charge on any atom is 0.225 e. The molecular weight excluding hydrogens is 226 g/mol. The fourth-order valence-electron chi connectivity index (χ4n) is 2.47. The van der Waals surface area contributed by atoms with Crippen molar-refractivity contribution in [3.8, 4) is 0 Å². The minimum Gasteiger partial charge on any atom is -0.340 e. The number of rotatable bonds is 6. The van der Waals surface area contributed by atoms with E-state index in [-0.39, 0.29) is 12.0 Å². The van der Waals surface area contributed by atoms with Crippen molar-refractivity contribution in [1.29, 1.82) is 0 Å². The highest BCUT2D eigenvalue weighted by atomic mass is 16.2. The van der Waals surface area contributed by atoms with E-state index < -0.39 is 0 Å². The second kappa shape index (κ2) is 7.74. The van der Waals surface area contributed by atoms with E-state index in [0.717, 1.165) is 52.0 Å². The molecule has 0 saturated carbocycles. The quantitative estimate of drug-likeness (QED) is 0.778. The van der Waals surface area contributed by atoms with Crippen molar-refractivity contribution in [3.63, 3.8) is 0 Å². The van der Waals surface area contributed by atoms with Crippen molar-refractivity contribution in [2.24, 2.45) is 11.7 Å². The molecule has 1 aliphatic rings. The number of amides is 1. The molecule has 1 fully saturated rings. The number of hydrogen-bond donors (Lipinski definition) is 1. The van der Waals surface area contributed by atoms with Gasteiger partial charge in [-0.25, -0.2) is 0 Å². The molecule has 0 aromatic heterocycles. The average molecular weight is 255 g/mol. The first kappa shape index (κ1) is 15.4. The minimum atomic E-state index is 0.150. The van der Waals surface area contributed by atoms with Gasteiger partial charge >= 0.3 is 0 Å². The lowest BCUT2D eigenvalue weighted by Gasteiger charge is -2.35. The van der Waals surface area contributed by atoms with Crippen LogP contribution in [0.25, 0.3) is 0 Å². The van der Waals surface area contributed by atoms with Crippen LogP contribution < -0.4 is 5.73 Å². The molecule has 1 amide bonds. The second-order valence-corrected chi connectivity index (χ2v) is 5.57. The summed E-state index contributed by atoms with van der Waals surface area (Å²) in [6, 6.07) is 0.250. The normalized spacial score (nSPS) is 20.8. The van der Waals surface area contributed by atoms with Gasteiger partial charge in [-0.1, -0.05) is 20.3 Å². The van der Waals surface area contributed by atoms with Crippen molar-refractivity contribution in [2.75, 3.05) is 32.7 Å². The maximum atomic E-state index is 12.2. The Balaban J connectivity index is 2.26. The smallest absolute Gasteiger partial charge is 0.225 e. The van der Waals surface area contributed by atoms with Crippen molar-refractivity contribution in [3.05, 3.63) is 0 Å². The summed E-state index contributed by atoms with van der Waals surface area (Å²) in [4.78, 5) is 16.7. The molecule has 4 nitrogen and oxygen atoms in total. The Kier molecular flexibility index (Phi) is 6.65. The van der Waals surface area contributed by atoms with Crippen LogP contribution in [0.15, 0.2) is 0 Å². The molecule has 2 N–H and O–H groups in total. The monoisotopic (exact) mass is 255 g/mol. The molecule has 0 aromatic rings. The molecule has 0 bridgehead atoms. The molecular formula is C14H29N3O. The minimum absolute atomic E-state index is 0.150. The summed E-state index contributed by atoms with van der Waals surface area (Å²) in [6.07, 6.45) is 3.04. The Labute approximate surface area is 111 Å². The SMILES string of the molecule is CCN1CCN(C(=O)C(C)CCCC(C)N)CC1. The third kappa shape index (κ3) is 4.94. The van der Waals surface area contributed by atoms with Crippen molar-refractivity contribution >= 4 is 5.91 Å². The molecule has 0 aliphatic carbocycles. The lowest BCUT2D eigenvalue weighted by atomic mass is 10.0. The zero-order valence-electron chi connectivity index (χ0n) is 12.2. The summed E-state index contributed by atoms with van der Waals surface area (Å²) in [5.74, 6) is 0.479. The number of nitrogens with zero attached hydrogens (tertiary/aromatic N) is 2. The molecule has 1 rings (SSSR count). The highest BCUT2D eigenvalue weighted by Crippen LogP contribution is 2.14. The first-order chi connectivity index (χ1) is 8.54. The van der Waals surface area contributed by atoms with Gasteiger partial charge in [-0.15, -0.1) is 0 Å². The number of carbonyl (C=O) groups is 1. The summed E-state index contributed by atoms with van der Waals surface area (Å²) in [6.45, 7) is 11.2. The van der Waals surface area contributed by atoms with Crippen LogP contribution in [0, 0.1) is 5.92 Å². The fraction of sp³-hybridized carbons (Fsp3) is 0.929. The molecule has 1 heterocycles. The van der Waals surface area contributed by atoms with E-state index in [1.165, 1.54) is 0 Å². The summed E-state index contributed by atoms with van der Waals surface area (Å²) in [7, 11) is 0. The number of carbonyl (C=O) groups excluding carboxylic acids is 1. The van der Waals surface area contributed by atoms with Crippen LogP contribution in [0.4, 0.5) is 0 Å². The van der Waals surface area contributed by atoms with E-state index in [9.17, 15) is 4.79 Å². The van der Waals surface area contributed by atoms with E-state index in [4.69, 9.17) is 5.73 Å². The van der Waals surface area contributed by atoms with E-state index >= 15 is 0 Å². The van der Waals surface area contributed by atoms with Gasteiger partial charge < -0.3 is 15.5 Å². The average Bonchev–Trinajstić information content (AvgIpc) is 2.37. The van der Waals surface area contributed by atoms with Crippen LogP contribution in [0.5, 0.6) is 0 Å². The van der Waals surface area contributed by atoms with Gasteiger partial charge in [0.05, 0.1) is 0 Å². The number of likely N-dealkylation sites (N-methyl/N-ethyl adjacent to an activating group) is 1. The molecule has 2 atom stereocenters. The Bertz CT molecular complexity index is 247. The van der Waals surface area contributed by atoms with E-state index in [1.54, 1.807) is 0 Å². The van der Waals surface area contributed by atoms with Gasteiger partial charge in [-0.2, -0.15) is 0 Å². The van der Waals surface area contributed by atoms with Gasteiger partial charge in [0.1, 0.15) is 0 Å². The van der Waals surface area contributed by atoms with Crippen LogP contribution in [0.3, 0.4) is 0 Å². The van der Waals surface area contributed by atoms with Gasteiger partial charge in [0, 0.05) is 38.1 Å². The Morgan fingerprint density at radius 1 is 1.17 bits per heavy atom. The highest BCUT2D eigenvalue weighted by molar-refractivity contribution is 5.78. The standard InChI is InChI=1S/C14H29N3O/c1-4-16-8-10-17(11-9-16)14(18)12(2)6-5-7-13(3)15/h12-13H,4-11,15H2,1-3H3. The second-order valence-electron chi connectivity index (χ2n) is 5.57. The third-order valence-electron chi connectivity index (χ3n) is 3.85. The Morgan fingerprint density at radius 2 is 1.78 bits per heavy atom. The predicted molar refractivity (Wildman–Crippen MR) is 75.4 cm³/mol. The first-order valence-electron chi connectivity index (χ1n) is 7.31.